The van der Waals surface area contributed by atoms with Crippen LogP contribution in [0.15, 0.2) is 11.1 Å². The summed E-state index contributed by atoms with van der Waals surface area (Å²) in [7, 11) is 0. The lowest BCUT2D eigenvalue weighted by atomic mass is 10.1. The second-order valence-corrected chi connectivity index (χ2v) is 11.7. The zero-order chi connectivity index (χ0) is 17.6. The van der Waals surface area contributed by atoms with Crippen molar-refractivity contribution in [2.45, 2.75) is 31.0 Å². The van der Waals surface area contributed by atoms with Gasteiger partial charge in [0.2, 0.25) is 0 Å². The molecule has 24 heavy (non-hydrogen) atoms. The Morgan fingerprint density at radius 1 is 1.38 bits per heavy atom. The van der Waals surface area contributed by atoms with E-state index in [1.165, 1.54) is 6.33 Å². The zero-order valence-corrected chi connectivity index (χ0v) is 16.0. The summed E-state index contributed by atoms with van der Waals surface area (Å²) in [6.07, 6.45) is 3.67. The molecule has 3 rings (SSSR count). The van der Waals surface area contributed by atoms with Gasteiger partial charge in [-0.3, -0.25) is 4.57 Å². The number of aromatic nitrogens is 4. The Kier molecular flexibility index (Phi) is 4.74. The normalized spacial score (nSPS) is 27.9. The maximum atomic E-state index is 10.5. The van der Waals surface area contributed by atoms with Gasteiger partial charge in [0.15, 0.2) is 27.9 Å². The summed E-state index contributed by atoms with van der Waals surface area (Å²) < 4.78 is 7.93. The molecule has 1 aliphatic rings. The van der Waals surface area contributed by atoms with Crippen molar-refractivity contribution >= 4 is 46.1 Å². The number of aliphatic hydroxyl groups excluding tert-OH is 2. The summed E-state index contributed by atoms with van der Waals surface area (Å²) in [5, 5.41) is 20.8. The van der Waals surface area contributed by atoms with Crippen molar-refractivity contribution in [1.82, 2.24) is 19.5 Å². The van der Waals surface area contributed by atoms with Gasteiger partial charge in [0, 0.05) is 0 Å². The number of imidazole rings is 1. The molecule has 0 radical (unpaired) electrons. The molecule has 3 heterocycles. The second kappa shape index (κ2) is 6.38. The third-order valence-electron chi connectivity index (χ3n) is 4.07. The van der Waals surface area contributed by atoms with Gasteiger partial charge in [0.25, 0.3) is 0 Å². The summed E-state index contributed by atoms with van der Waals surface area (Å²) in [6, 6.07) is 0. The van der Waals surface area contributed by atoms with E-state index in [4.69, 9.17) is 10.5 Å². The van der Waals surface area contributed by atoms with Gasteiger partial charge in [-0.2, -0.15) is 0 Å². The predicted molar refractivity (Wildman–Crippen MR) is 98.7 cm³/mol. The number of ether oxygens (including phenoxy) is 1. The molecule has 2 aromatic heterocycles. The number of hydrogen-bond acceptors (Lipinski definition) is 7. The van der Waals surface area contributed by atoms with Crippen molar-refractivity contribution < 1.29 is 14.9 Å². The molecule has 4 atom stereocenters. The number of nitrogens with two attached hydrogens (primary N) is 1. The number of nitrogen functional groups attached to an aromatic ring is 1. The molecule has 0 spiro atoms. The van der Waals surface area contributed by atoms with Crippen LogP contribution in [-0.2, 0) is 4.74 Å². The first kappa shape index (κ1) is 17.8. The second-order valence-electron chi connectivity index (χ2n) is 6.68. The van der Waals surface area contributed by atoms with Gasteiger partial charge in [0.05, 0.1) is 6.10 Å². The van der Waals surface area contributed by atoms with Crippen LogP contribution in [0.3, 0.4) is 0 Å². The first-order valence-electron chi connectivity index (χ1n) is 7.52. The smallest absolute Gasteiger partial charge is 0.181 e. The number of nitrogens with zero attached hydrogens (tertiary/aromatic N) is 4. The standard InChI is InChI=1S/C14H21BrN5O3P/c1-24(2,3)5-4-7-9(21)10(22)13(23-7)20-12-8(19-14(20)15)11(16)17-6-18-12/h6-7,9-10,13,21-22H,1,4-5H2,2-3H3,(H2,16,17,18)/t7-,9-,10-,13?/m1/s1. The lowest BCUT2D eigenvalue weighted by Gasteiger charge is -2.19. The third-order valence-corrected chi connectivity index (χ3v) is 6.10. The fraction of sp³-hybridized carbons (Fsp3) is 0.571. The van der Waals surface area contributed by atoms with E-state index in [1.807, 2.05) is 0 Å². The van der Waals surface area contributed by atoms with E-state index < -0.39 is 31.4 Å². The number of aliphatic hydroxyl groups is 2. The van der Waals surface area contributed by atoms with Gasteiger partial charge in [0.1, 0.15) is 18.5 Å². The molecule has 2 aromatic rings. The van der Waals surface area contributed by atoms with Crippen molar-refractivity contribution in [1.29, 1.82) is 0 Å². The summed E-state index contributed by atoms with van der Waals surface area (Å²) in [5.41, 5.74) is 6.68. The maximum absolute atomic E-state index is 10.5. The minimum atomic E-state index is -1.24. The SMILES string of the molecule is C=P(C)(C)CC[C@H]1OC(n2c(Br)nc3c(N)ncnc32)[C@H](O)[C@@H]1O. The molecule has 0 amide bonds. The molecule has 0 bridgehead atoms. The molecular formula is C14H21BrN5O3P. The Morgan fingerprint density at radius 2 is 2.08 bits per heavy atom. The fourth-order valence-electron chi connectivity index (χ4n) is 2.78. The van der Waals surface area contributed by atoms with Gasteiger partial charge in [-0.05, 0) is 41.8 Å². The lowest BCUT2D eigenvalue weighted by molar-refractivity contribution is -0.0366. The Labute approximate surface area is 148 Å². The van der Waals surface area contributed by atoms with E-state index in [2.05, 4.69) is 50.5 Å². The van der Waals surface area contributed by atoms with Crippen molar-refractivity contribution in [2.75, 3.05) is 25.2 Å². The van der Waals surface area contributed by atoms with Gasteiger partial charge < -0.3 is 20.7 Å². The first-order valence-corrected chi connectivity index (χ1v) is 11.4. The molecular weight excluding hydrogens is 397 g/mol. The molecule has 8 nitrogen and oxygen atoms in total. The highest BCUT2D eigenvalue weighted by atomic mass is 79.9. The Bertz CT molecular complexity index is 807. The van der Waals surface area contributed by atoms with E-state index in [1.54, 1.807) is 4.57 Å². The van der Waals surface area contributed by atoms with Crippen LogP contribution in [0.5, 0.6) is 0 Å². The number of anilines is 1. The molecule has 0 aromatic carbocycles. The molecule has 0 saturated carbocycles. The van der Waals surface area contributed by atoms with Crippen LogP contribution in [-0.4, -0.2) is 73.8 Å². The van der Waals surface area contributed by atoms with Crippen LogP contribution in [0.25, 0.3) is 11.2 Å². The van der Waals surface area contributed by atoms with Gasteiger partial charge in [-0.1, -0.05) is 0 Å². The zero-order valence-electron chi connectivity index (χ0n) is 13.5. The number of halogens is 1. The van der Waals surface area contributed by atoms with Crippen molar-refractivity contribution in [3.05, 3.63) is 11.1 Å². The van der Waals surface area contributed by atoms with Gasteiger partial charge in [-0.25, -0.2) is 15.0 Å². The van der Waals surface area contributed by atoms with Crippen LogP contribution in [0.1, 0.15) is 12.6 Å². The largest absolute Gasteiger partial charge is 0.388 e. The highest BCUT2D eigenvalue weighted by molar-refractivity contribution is 9.10. The molecule has 10 heteroatoms. The molecule has 1 saturated heterocycles. The Morgan fingerprint density at radius 3 is 2.75 bits per heavy atom. The van der Waals surface area contributed by atoms with Crippen LogP contribution < -0.4 is 5.73 Å². The number of fused-ring (bicyclic) bond motifs is 1. The average Bonchev–Trinajstić information content (AvgIpc) is 2.96. The van der Waals surface area contributed by atoms with E-state index in [0.717, 1.165) is 6.16 Å². The minimum absolute atomic E-state index is 0.243. The molecule has 1 aliphatic heterocycles. The van der Waals surface area contributed by atoms with Gasteiger partial charge >= 0.3 is 0 Å². The predicted octanol–water partition coefficient (Wildman–Crippen LogP) is 0.889. The molecule has 0 aliphatic carbocycles. The third kappa shape index (κ3) is 3.23. The highest BCUT2D eigenvalue weighted by Gasteiger charge is 2.44. The van der Waals surface area contributed by atoms with E-state index >= 15 is 0 Å². The summed E-state index contributed by atoms with van der Waals surface area (Å²) in [5.74, 6) is 0.243. The summed E-state index contributed by atoms with van der Waals surface area (Å²) >= 11 is 3.34. The van der Waals surface area contributed by atoms with E-state index in [9.17, 15) is 10.2 Å². The number of hydrogen-bond donors (Lipinski definition) is 3. The van der Waals surface area contributed by atoms with E-state index in [-0.39, 0.29) is 5.82 Å². The molecule has 4 N–H and O–H groups in total. The quantitative estimate of drug-likeness (QED) is 0.498. The lowest BCUT2D eigenvalue weighted by Crippen LogP contribution is -2.32. The Balaban J connectivity index is 1.92. The van der Waals surface area contributed by atoms with Gasteiger partial charge in [-0.15, -0.1) is 13.2 Å². The summed E-state index contributed by atoms with van der Waals surface area (Å²) in [6.45, 7) is 3.02. The Hall–Kier alpha value is -0.990. The minimum Gasteiger partial charge on any atom is -0.388 e. The fourth-order valence-corrected chi connectivity index (χ4v) is 4.28. The van der Waals surface area contributed by atoms with Crippen LogP contribution in [0.4, 0.5) is 5.82 Å². The van der Waals surface area contributed by atoms with Crippen molar-refractivity contribution in [3.63, 3.8) is 0 Å². The van der Waals surface area contributed by atoms with E-state index in [0.29, 0.717) is 22.3 Å². The topological polar surface area (TPSA) is 119 Å². The maximum Gasteiger partial charge on any atom is 0.181 e. The molecule has 132 valence electrons. The van der Waals surface area contributed by atoms with Crippen LogP contribution in [0, 0.1) is 0 Å². The van der Waals surface area contributed by atoms with Crippen LogP contribution in [0.2, 0.25) is 0 Å². The molecule has 1 unspecified atom stereocenters. The van der Waals surface area contributed by atoms with Crippen molar-refractivity contribution in [2.24, 2.45) is 0 Å². The first-order chi connectivity index (χ1) is 11.2. The molecule has 1 fully saturated rings. The van der Waals surface area contributed by atoms with Crippen LogP contribution >= 0.6 is 22.8 Å². The monoisotopic (exact) mass is 417 g/mol. The van der Waals surface area contributed by atoms with Crippen molar-refractivity contribution in [3.8, 4) is 0 Å². The highest BCUT2D eigenvalue weighted by Crippen LogP contribution is 2.40. The number of rotatable bonds is 4. The summed E-state index contributed by atoms with van der Waals surface area (Å²) in [4.78, 5) is 12.4. The average molecular weight is 418 g/mol.